The molecule has 3 rings (SSSR count). The highest BCUT2D eigenvalue weighted by Crippen LogP contribution is 2.25. The van der Waals surface area contributed by atoms with Gasteiger partial charge in [0.2, 0.25) is 0 Å². The van der Waals surface area contributed by atoms with Gasteiger partial charge in [0, 0.05) is 19.2 Å². The van der Waals surface area contributed by atoms with E-state index in [1.54, 1.807) is 4.90 Å². The van der Waals surface area contributed by atoms with Crippen LogP contribution in [0.5, 0.6) is 0 Å². The smallest absolute Gasteiger partial charge is 0.410 e. The number of hydrogen-bond acceptors (Lipinski definition) is 3. The van der Waals surface area contributed by atoms with Crippen LogP contribution in [0.1, 0.15) is 23.1 Å². The molecule has 0 saturated carbocycles. The van der Waals surface area contributed by atoms with Crippen molar-refractivity contribution in [2.24, 2.45) is 0 Å². The van der Waals surface area contributed by atoms with Crippen LogP contribution < -0.4 is 0 Å². The SMILES string of the molecule is O=C(OCc1ccccc1)N1Cc2ccccc2CC1CCO. The van der Waals surface area contributed by atoms with Crippen molar-refractivity contribution >= 4 is 6.09 Å². The Kier molecular flexibility index (Phi) is 4.93. The van der Waals surface area contributed by atoms with Crippen LogP contribution in [0.2, 0.25) is 0 Å². The van der Waals surface area contributed by atoms with E-state index < -0.39 is 0 Å². The van der Waals surface area contributed by atoms with Crippen LogP contribution in [0, 0.1) is 0 Å². The normalized spacial score (nSPS) is 16.7. The van der Waals surface area contributed by atoms with Crippen molar-refractivity contribution < 1.29 is 14.6 Å². The Balaban J connectivity index is 1.70. The molecule has 0 aliphatic carbocycles. The van der Waals surface area contributed by atoms with Crippen LogP contribution in [0.4, 0.5) is 4.79 Å². The molecule has 0 radical (unpaired) electrons. The van der Waals surface area contributed by atoms with E-state index in [1.807, 2.05) is 48.5 Å². The van der Waals surface area contributed by atoms with Crippen molar-refractivity contribution in [3.05, 3.63) is 71.3 Å². The van der Waals surface area contributed by atoms with Crippen LogP contribution in [-0.2, 0) is 24.3 Å². The maximum Gasteiger partial charge on any atom is 0.410 e. The summed E-state index contributed by atoms with van der Waals surface area (Å²) in [6.45, 7) is 0.868. The van der Waals surface area contributed by atoms with E-state index in [0.29, 0.717) is 13.0 Å². The Morgan fingerprint density at radius 2 is 1.78 bits per heavy atom. The summed E-state index contributed by atoms with van der Waals surface area (Å²) in [5.74, 6) is 0. The topological polar surface area (TPSA) is 49.8 Å². The summed E-state index contributed by atoms with van der Waals surface area (Å²) < 4.78 is 5.46. The maximum absolute atomic E-state index is 12.5. The Morgan fingerprint density at radius 3 is 2.52 bits per heavy atom. The predicted octanol–water partition coefficient (Wildman–Crippen LogP) is 3.13. The number of ether oxygens (including phenoxy) is 1. The van der Waals surface area contributed by atoms with Gasteiger partial charge in [-0.2, -0.15) is 0 Å². The van der Waals surface area contributed by atoms with E-state index in [0.717, 1.165) is 17.5 Å². The number of rotatable bonds is 4. The first-order valence-corrected chi connectivity index (χ1v) is 7.93. The summed E-state index contributed by atoms with van der Waals surface area (Å²) >= 11 is 0. The first-order chi connectivity index (χ1) is 11.3. The molecule has 23 heavy (non-hydrogen) atoms. The summed E-state index contributed by atoms with van der Waals surface area (Å²) in [7, 11) is 0. The van der Waals surface area contributed by atoms with E-state index >= 15 is 0 Å². The van der Waals surface area contributed by atoms with E-state index in [4.69, 9.17) is 4.74 Å². The summed E-state index contributed by atoms with van der Waals surface area (Å²) in [4.78, 5) is 14.2. The van der Waals surface area contributed by atoms with Gasteiger partial charge in [-0.1, -0.05) is 54.6 Å². The van der Waals surface area contributed by atoms with E-state index in [9.17, 15) is 9.90 Å². The summed E-state index contributed by atoms with van der Waals surface area (Å²) in [5.41, 5.74) is 3.37. The molecule has 120 valence electrons. The van der Waals surface area contributed by atoms with Crippen molar-refractivity contribution in [2.75, 3.05) is 6.61 Å². The van der Waals surface area contributed by atoms with E-state index in [-0.39, 0.29) is 25.3 Å². The minimum atomic E-state index is -0.318. The number of carbonyl (C=O) groups excluding carboxylic acids is 1. The van der Waals surface area contributed by atoms with Crippen molar-refractivity contribution in [1.29, 1.82) is 0 Å². The molecular formula is C19H21NO3. The standard InChI is InChI=1S/C19H21NO3/c21-11-10-18-12-16-8-4-5-9-17(16)13-20(18)19(22)23-14-15-6-2-1-3-7-15/h1-9,18,21H,10-14H2. The molecule has 0 spiro atoms. The number of benzene rings is 2. The summed E-state index contributed by atoms with van der Waals surface area (Å²) in [6.07, 6.45) is 1.01. The average molecular weight is 311 g/mol. The van der Waals surface area contributed by atoms with Crippen LogP contribution in [0.15, 0.2) is 54.6 Å². The van der Waals surface area contributed by atoms with Crippen LogP contribution in [-0.4, -0.2) is 28.7 Å². The summed E-state index contributed by atoms with van der Waals surface area (Å²) in [6, 6.07) is 17.8. The second-order valence-electron chi connectivity index (χ2n) is 5.81. The van der Waals surface area contributed by atoms with Gasteiger partial charge in [-0.15, -0.1) is 0 Å². The first kappa shape index (κ1) is 15.6. The van der Waals surface area contributed by atoms with Crippen molar-refractivity contribution in [3.8, 4) is 0 Å². The fourth-order valence-electron chi connectivity index (χ4n) is 3.01. The third kappa shape index (κ3) is 3.71. The number of aliphatic hydroxyl groups is 1. The lowest BCUT2D eigenvalue weighted by Crippen LogP contribution is -2.45. The molecule has 1 aliphatic heterocycles. The van der Waals surface area contributed by atoms with Gasteiger partial charge in [-0.25, -0.2) is 4.79 Å². The molecule has 2 aromatic rings. The van der Waals surface area contributed by atoms with Gasteiger partial charge >= 0.3 is 6.09 Å². The number of aliphatic hydroxyl groups excluding tert-OH is 1. The fraction of sp³-hybridized carbons (Fsp3) is 0.316. The second-order valence-corrected chi connectivity index (χ2v) is 5.81. The molecule has 1 N–H and O–H groups in total. The lowest BCUT2D eigenvalue weighted by molar-refractivity contribution is 0.0667. The quantitative estimate of drug-likeness (QED) is 0.944. The van der Waals surface area contributed by atoms with Gasteiger partial charge in [0.1, 0.15) is 6.61 Å². The number of fused-ring (bicyclic) bond motifs is 1. The molecule has 4 nitrogen and oxygen atoms in total. The van der Waals surface area contributed by atoms with Crippen LogP contribution in [0.3, 0.4) is 0 Å². The zero-order valence-corrected chi connectivity index (χ0v) is 13.0. The number of carbonyl (C=O) groups is 1. The van der Waals surface area contributed by atoms with E-state index in [1.165, 1.54) is 5.56 Å². The van der Waals surface area contributed by atoms with Crippen molar-refractivity contribution in [2.45, 2.75) is 32.0 Å². The van der Waals surface area contributed by atoms with Gasteiger partial charge in [0.15, 0.2) is 0 Å². The number of hydrogen-bond donors (Lipinski definition) is 1. The molecule has 1 atom stereocenters. The number of amides is 1. The van der Waals surface area contributed by atoms with Crippen LogP contribution in [0.25, 0.3) is 0 Å². The third-order valence-corrected chi connectivity index (χ3v) is 4.26. The molecule has 0 aromatic heterocycles. The van der Waals surface area contributed by atoms with E-state index in [2.05, 4.69) is 6.07 Å². The Hall–Kier alpha value is -2.33. The van der Waals surface area contributed by atoms with Gasteiger partial charge < -0.3 is 14.7 Å². The molecule has 0 fully saturated rings. The van der Waals surface area contributed by atoms with Crippen LogP contribution >= 0.6 is 0 Å². The minimum absolute atomic E-state index is 0.0156. The first-order valence-electron chi connectivity index (χ1n) is 7.93. The maximum atomic E-state index is 12.5. The molecule has 1 heterocycles. The summed E-state index contributed by atoms with van der Waals surface area (Å²) in [5, 5.41) is 9.30. The molecule has 0 saturated heterocycles. The highest BCUT2D eigenvalue weighted by atomic mass is 16.6. The third-order valence-electron chi connectivity index (χ3n) is 4.26. The van der Waals surface area contributed by atoms with Crippen molar-refractivity contribution in [3.63, 3.8) is 0 Å². The minimum Gasteiger partial charge on any atom is -0.445 e. The van der Waals surface area contributed by atoms with Gasteiger partial charge in [-0.05, 0) is 29.5 Å². The fourth-order valence-corrected chi connectivity index (χ4v) is 3.01. The largest absolute Gasteiger partial charge is 0.445 e. The van der Waals surface area contributed by atoms with Gasteiger partial charge in [0.25, 0.3) is 0 Å². The molecule has 0 bridgehead atoms. The zero-order valence-electron chi connectivity index (χ0n) is 13.0. The van der Waals surface area contributed by atoms with Crippen molar-refractivity contribution in [1.82, 2.24) is 4.90 Å². The molecular weight excluding hydrogens is 290 g/mol. The Bertz CT molecular complexity index is 657. The Morgan fingerprint density at radius 1 is 1.09 bits per heavy atom. The van der Waals surface area contributed by atoms with Gasteiger partial charge in [0.05, 0.1) is 0 Å². The predicted molar refractivity (Wildman–Crippen MR) is 87.8 cm³/mol. The number of nitrogens with zero attached hydrogens (tertiary/aromatic N) is 1. The lowest BCUT2D eigenvalue weighted by Gasteiger charge is -2.36. The molecule has 2 aromatic carbocycles. The lowest BCUT2D eigenvalue weighted by atomic mass is 9.93. The monoisotopic (exact) mass is 311 g/mol. The molecule has 1 aliphatic rings. The molecule has 1 amide bonds. The molecule has 1 unspecified atom stereocenters. The Labute approximate surface area is 136 Å². The zero-order chi connectivity index (χ0) is 16.1. The highest BCUT2D eigenvalue weighted by molar-refractivity contribution is 5.68. The van der Waals surface area contributed by atoms with Gasteiger partial charge in [-0.3, -0.25) is 0 Å². The molecule has 4 heteroatoms. The average Bonchev–Trinajstić information content (AvgIpc) is 2.60. The second kappa shape index (κ2) is 7.29. The highest BCUT2D eigenvalue weighted by Gasteiger charge is 2.30.